The number of aryl methyl sites for hydroxylation is 2. The molecule has 0 saturated carbocycles. The van der Waals surface area contributed by atoms with Gasteiger partial charge in [0, 0.05) is 10.2 Å². The van der Waals surface area contributed by atoms with Gasteiger partial charge in [0.1, 0.15) is 6.07 Å². The van der Waals surface area contributed by atoms with Crippen molar-refractivity contribution in [1.29, 1.82) is 5.26 Å². The maximum Gasteiger partial charge on any atom is 0.101 e. The van der Waals surface area contributed by atoms with Gasteiger partial charge in [0.25, 0.3) is 0 Å². The van der Waals surface area contributed by atoms with Crippen molar-refractivity contribution in [2.45, 2.75) is 13.8 Å². The number of hydrogen-bond acceptors (Lipinski definition) is 3. The zero-order valence-corrected chi connectivity index (χ0v) is 11.7. The average molecular weight is 302 g/mol. The molecule has 2 rings (SSSR count). The molecule has 1 aromatic heterocycles. The van der Waals surface area contributed by atoms with Crippen LogP contribution in [0.2, 0.25) is 0 Å². The van der Waals surface area contributed by atoms with Gasteiger partial charge in [-0.15, -0.1) is 0 Å². The highest BCUT2D eigenvalue weighted by Gasteiger charge is 2.05. The fourth-order valence-corrected chi connectivity index (χ4v) is 2.04. The lowest BCUT2D eigenvalue weighted by Crippen LogP contribution is -1.98. The predicted octanol–water partition coefficient (Wildman–Crippen LogP) is 4.08. The molecule has 90 valence electrons. The van der Waals surface area contributed by atoms with Crippen LogP contribution in [0.25, 0.3) is 0 Å². The Balaban J connectivity index is 2.37. The first-order valence-electron chi connectivity index (χ1n) is 5.51. The van der Waals surface area contributed by atoms with Gasteiger partial charge < -0.3 is 5.32 Å². The second-order valence-corrected chi connectivity index (χ2v) is 4.93. The zero-order chi connectivity index (χ0) is 13.1. The van der Waals surface area contributed by atoms with E-state index < -0.39 is 0 Å². The van der Waals surface area contributed by atoms with E-state index in [1.54, 1.807) is 6.07 Å². The van der Waals surface area contributed by atoms with E-state index in [9.17, 15) is 0 Å². The number of benzene rings is 1. The molecule has 0 atom stereocenters. The van der Waals surface area contributed by atoms with Crippen molar-refractivity contribution < 1.29 is 0 Å². The van der Waals surface area contributed by atoms with Crippen LogP contribution in [0.3, 0.4) is 0 Å². The molecule has 1 aromatic carbocycles. The van der Waals surface area contributed by atoms with Gasteiger partial charge >= 0.3 is 0 Å². The lowest BCUT2D eigenvalue weighted by atomic mass is 10.2. The smallest absolute Gasteiger partial charge is 0.101 e. The van der Waals surface area contributed by atoms with Crippen LogP contribution >= 0.6 is 15.9 Å². The fourth-order valence-electron chi connectivity index (χ4n) is 1.68. The first-order chi connectivity index (χ1) is 8.60. The summed E-state index contributed by atoms with van der Waals surface area (Å²) in [6.07, 6.45) is 0. The van der Waals surface area contributed by atoms with Crippen molar-refractivity contribution in [3.8, 4) is 6.07 Å². The fraction of sp³-hybridized carbons (Fsp3) is 0.143. The van der Waals surface area contributed by atoms with Crippen molar-refractivity contribution in [2.24, 2.45) is 0 Å². The molecule has 4 heteroatoms. The van der Waals surface area contributed by atoms with Crippen LogP contribution in [-0.4, -0.2) is 4.98 Å². The third-order valence-electron chi connectivity index (χ3n) is 2.60. The first kappa shape index (κ1) is 12.6. The zero-order valence-electron chi connectivity index (χ0n) is 10.2. The summed E-state index contributed by atoms with van der Waals surface area (Å²) in [5.41, 5.74) is 4.20. The molecule has 0 aliphatic heterocycles. The highest BCUT2D eigenvalue weighted by Crippen LogP contribution is 2.25. The Morgan fingerprint density at radius 2 is 1.89 bits per heavy atom. The summed E-state index contributed by atoms with van der Waals surface area (Å²) in [7, 11) is 0. The minimum atomic E-state index is 0.601. The van der Waals surface area contributed by atoms with Crippen LogP contribution in [0.1, 0.15) is 17.0 Å². The van der Waals surface area contributed by atoms with E-state index in [4.69, 9.17) is 5.26 Å². The Kier molecular flexibility index (Phi) is 3.63. The molecule has 0 aliphatic carbocycles. The van der Waals surface area contributed by atoms with Gasteiger partial charge in [-0.25, -0.2) is 0 Å². The Morgan fingerprint density at radius 3 is 2.56 bits per heavy atom. The molecule has 1 heterocycles. The van der Waals surface area contributed by atoms with E-state index in [1.807, 2.05) is 38.1 Å². The summed E-state index contributed by atoms with van der Waals surface area (Å²) in [6.45, 7) is 3.90. The summed E-state index contributed by atoms with van der Waals surface area (Å²) in [5, 5.41) is 12.3. The highest BCUT2D eigenvalue weighted by molar-refractivity contribution is 9.10. The Hall–Kier alpha value is -1.86. The van der Waals surface area contributed by atoms with Crippen LogP contribution in [0.15, 0.2) is 34.8 Å². The topological polar surface area (TPSA) is 48.7 Å². The molecule has 0 saturated heterocycles. The van der Waals surface area contributed by atoms with E-state index in [0.29, 0.717) is 5.56 Å². The maximum absolute atomic E-state index is 9.11. The number of nitrogens with one attached hydrogen (secondary N) is 1. The number of aromatic nitrogens is 1. The van der Waals surface area contributed by atoms with E-state index >= 15 is 0 Å². The minimum absolute atomic E-state index is 0.601. The molecule has 0 spiro atoms. The first-order valence-corrected chi connectivity index (χ1v) is 6.30. The second kappa shape index (κ2) is 5.19. The van der Waals surface area contributed by atoms with Gasteiger partial charge in [-0.1, -0.05) is 15.9 Å². The van der Waals surface area contributed by atoms with Gasteiger partial charge in [-0.2, -0.15) is 5.26 Å². The van der Waals surface area contributed by atoms with Gasteiger partial charge in [-0.3, -0.25) is 4.98 Å². The van der Waals surface area contributed by atoms with E-state index in [-0.39, 0.29) is 0 Å². The lowest BCUT2D eigenvalue weighted by Gasteiger charge is -2.11. The molecule has 0 amide bonds. The van der Waals surface area contributed by atoms with Gasteiger partial charge in [0.05, 0.1) is 22.6 Å². The number of nitrogens with zero attached hydrogens (tertiary/aromatic N) is 2. The number of rotatable bonds is 2. The Bertz CT molecular complexity index is 629. The van der Waals surface area contributed by atoms with Crippen LogP contribution in [0.4, 0.5) is 11.4 Å². The normalized spacial score (nSPS) is 9.89. The van der Waals surface area contributed by atoms with Gasteiger partial charge in [0.15, 0.2) is 0 Å². The van der Waals surface area contributed by atoms with E-state index in [2.05, 4.69) is 32.3 Å². The van der Waals surface area contributed by atoms with Crippen molar-refractivity contribution in [1.82, 2.24) is 4.98 Å². The van der Waals surface area contributed by atoms with Crippen LogP contribution in [0, 0.1) is 25.2 Å². The number of nitriles is 1. The Labute approximate surface area is 115 Å². The highest BCUT2D eigenvalue weighted by atomic mass is 79.9. The SMILES string of the molecule is Cc1ccc(Nc2ccc(Br)cc2C#N)c(C)n1. The Morgan fingerprint density at radius 1 is 1.17 bits per heavy atom. The monoisotopic (exact) mass is 301 g/mol. The molecular formula is C14H12BrN3. The molecule has 0 aliphatic rings. The van der Waals surface area contributed by atoms with Crippen molar-refractivity contribution in [2.75, 3.05) is 5.32 Å². The summed E-state index contributed by atoms with van der Waals surface area (Å²) >= 11 is 3.36. The molecule has 2 aromatic rings. The second-order valence-electron chi connectivity index (χ2n) is 4.01. The molecule has 1 N–H and O–H groups in total. The summed E-state index contributed by atoms with van der Waals surface area (Å²) in [4.78, 5) is 4.39. The van der Waals surface area contributed by atoms with E-state index in [0.717, 1.165) is 27.2 Å². The molecule has 0 bridgehead atoms. The molecule has 3 nitrogen and oxygen atoms in total. The third-order valence-corrected chi connectivity index (χ3v) is 3.09. The summed E-state index contributed by atoms with van der Waals surface area (Å²) < 4.78 is 0.892. The predicted molar refractivity (Wildman–Crippen MR) is 75.9 cm³/mol. The van der Waals surface area contributed by atoms with Crippen LogP contribution < -0.4 is 5.32 Å². The van der Waals surface area contributed by atoms with E-state index in [1.165, 1.54) is 0 Å². The third kappa shape index (κ3) is 2.69. The quantitative estimate of drug-likeness (QED) is 0.909. The van der Waals surface area contributed by atoms with Crippen molar-refractivity contribution in [3.63, 3.8) is 0 Å². The van der Waals surface area contributed by atoms with Gasteiger partial charge in [0.2, 0.25) is 0 Å². The molecule has 0 unspecified atom stereocenters. The number of hydrogen-bond donors (Lipinski definition) is 1. The standard InChI is InChI=1S/C14H12BrN3/c1-9-3-5-13(10(2)17-9)18-14-6-4-12(15)7-11(14)8-16/h3-7,18H,1-2H3. The number of halogens is 1. The molecule has 18 heavy (non-hydrogen) atoms. The number of pyridine rings is 1. The molecule has 0 radical (unpaired) electrons. The van der Waals surface area contributed by atoms with Crippen LogP contribution in [0.5, 0.6) is 0 Å². The van der Waals surface area contributed by atoms with Gasteiger partial charge in [-0.05, 0) is 44.2 Å². The summed E-state index contributed by atoms with van der Waals surface area (Å²) in [5.74, 6) is 0. The minimum Gasteiger partial charge on any atom is -0.353 e. The molecule has 0 fully saturated rings. The number of anilines is 2. The summed E-state index contributed by atoms with van der Waals surface area (Å²) in [6, 6.07) is 11.7. The largest absolute Gasteiger partial charge is 0.353 e. The van der Waals surface area contributed by atoms with Crippen molar-refractivity contribution >= 4 is 27.3 Å². The van der Waals surface area contributed by atoms with Crippen molar-refractivity contribution in [3.05, 3.63) is 51.8 Å². The maximum atomic E-state index is 9.11. The lowest BCUT2D eigenvalue weighted by molar-refractivity contribution is 1.12. The molecular weight excluding hydrogens is 290 g/mol. The average Bonchev–Trinajstić information content (AvgIpc) is 2.34. The van der Waals surface area contributed by atoms with Crippen LogP contribution in [-0.2, 0) is 0 Å².